The summed E-state index contributed by atoms with van der Waals surface area (Å²) < 4.78 is 11.4. The Morgan fingerprint density at radius 2 is 2.45 bits per heavy atom. The third-order valence-corrected chi connectivity index (χ3v) is 3.60. The number of ether oxygens (including phenoxy) is 2. The van der Waals surface area contributed by atoms with Gasteiger partial charge < -0.3 is 19.7 Å². The number of hydrogen-bond acceptors (Lipinski definition) is 5. The molecule has 2 heterocycles. The molecule has 2 atom stereocenters. The third-order valence-electron chi connectivity index (χ3n) is 3.60. The van der Waals surface area contributed by atoms with Gasteiger partial charge in [-0.15, -0.1) is 0 Å². The second kappa shape index (κ2) is 7.57. The van der Waals surface area contributed by atoms with Crippen molar-refractivity contribution in [2.24, 2.45) is 0 Å². The van der Waals surface area contributed by atoms with Gasteiger partial charge >= 0.3 is 0 Å². The van der Waals surface area contributed by atoms with Crippen LogP contribution in [-0.2, 0) is 4.74 Å². The largest absolute Gasteiger partial charge is 0.495 e. The van der Waals surface area contributed by atoms with Crippen molar-refractivity contribution in [2.45, 2.75) is 25.5 Å². The second-order valence-corrected chi connectivity index (χ2v) is 5.19. The van der Waals surface area contributed by atoms with E-state index >= 15 is 0 Å². The van der Waals surface area contributed by atoms with Gasteiger partial charge in [-0.25, -0.2) is 0 Å². The lowest BCUT2D eigenvalue weighted by molar-refractivity contribution is -0.0402. The van der Waals surface area contributed by atoms with Gasteiger partial charge in [0, 0.05) is 19.3 Å². The smallest absolute Gasteiger partial charge is 0.142 e. The zero-order valence-electron chi connectivity index (χ0n) is 12.6. The number of hydrogen-bond donors (Lipinski definition) is 1. The number of methoxy groups -OCH3 is 1. The molecular weight excluding hydrogens is 254 g/mol. The molecule has 1 aliphatic rings. The number of rotatable bonds is 6. The van der Waals surface area contributed by atoms with Crippen molar-refractivity contribution in [1.29, 1.82) is 0 Å². The molecule has 112 valence electrons. The first-order valence-corrected chi connectivity index (χ1v) is 7.28. The summed E-state index contributed by atoms with van der Waals surface area (Å²) in [6.45, 7) is 5.75. The van der Waals surface area contributed by atoms with Crippen LogP contribution in [0.5, 0.6) is 5.75 Å². The number of pyridine rings is 1. The fourth-order valence-electron chi connectivity index (χ4n) is 2.53. The van der Waals surface area contributed by atoms with E-state index in [0.717, 1.165) is 44.1 Å². The lowest BCUT2D eigenvalue weighted by Gasteiger charge is -2.35. The highest BCUT2D eigenvalue weighted by Crippen LogP contribution is 2.27. The summed E-state index contributed by atoms with van der Waals surface area (Å²) in [7, 11) is 3.81. The molecule has 1 saturated heterocycles. The molecular formula is C15H25N3O2. The summed E-state index contributed by atoms with van der Waals surface area (Å²) >= 11 is 0. The predicted molar refractivity (Wildman–Crippen MR) is 79.1 cm³/mol. The minimum atomic E-state index is 0.0637. The normalized spacial score (nSPS) is 21.6. The van der Waals surface area contributed by atoms with Crippen LogP contribution in [0.25, 0.3) is 0 Å². The van der Waals surface area contributed by atoms with E-state index in [1.165, 1.54) is 0 Å². The van der Waals surface area contributed by atoms with E-state index < -0.39 is 0 Å². The van der Waals surface area contributed by atoms with E-state index in [0.29, 0.717) is 0 Å². The fourth-order valence-corrected chi connectivity index (χ4v) is 2.53. The van der Waals surface area contributed by atoms with Crippen molar-refractivity contribution in [1.82, 2.24) is 15.2 Å². The molecule has 2 unspecified atom stereocenters. The molecule has 1 fully saturated rings. The SMILES string of the molecule is CCCNC(c1ncccc1OC)C1CN(C)CCO1. The maximum atomic E-state index is 5.96. The molecule has 0 bridgehead atoms. The maximum absolute atomic E-state index is 5.96. The Kier molecular flexibility index (Phi) is 5.76. The topological polar surface area (TPSA) is 46.6 Å². The molecule has 0 aromatic carbocycles. The van der Waals surface area contributed by atoms with Crippen molar-refractivity contribution in [3.8, 4) is 5.75 Å². The first-order valence-electron chi connectivity index (χ1n) is 7.28. The molecule has 2 rings (SSSR count). The third kappa shape index (κ3) is 3.69. The molecule has 0 spiro atoms. The Morgan fingerprint density at radius 3 is 3.15 bits per heavy atom. The summed E-state index contributed by atoms with van der Waals surface area (Å²) in [4.78, 5) is 6.81. The molecule has 0 saturated carbocycles. The maximum Gasteiger partial charge on any atom is 0.142 e. The summed E-state index contributed by atoms with van der Waals surface area (Å²) in [6, 6.07) is 3.91. The first kappa shape index (κ1) is 15.2. The van der Waals surface area contributed by atoms with Crippen molar-refractivity contribution in [3.63, 3.8) is 0 Å². The molecule has 5 nitrogen and oxygen atoms in total. The van der Waals surface area contributed by atoms with Crippen LogP contribution in [0.1, 0.15) is 25.1 Å². The summed E-state index contributed by atoms with van der Waals surface area (Å²) in [5.74, 6) is 0.818. The van der Waals surface area contributed by atoms with Crippen LogP contribution < -0.4 is 10.1 Å². The summed E-state index contributed by atoms with van der Waals surface area (Å²) in [5.41, 5.74) is 0.934. The average Bonchev–Trinajstić information content (AvgIpc) is 2.48. The average molecular weight is 279 g/mol. The predicted octanol–water partition coefficient (Wildman–Crippen LogP) is 1.46. The van der Waals surface area contributed by atoms with E-state index in [4.69, 9.17) is 9.47 Å². The number of likely N-dealkylation sites (N-methyl/N-ethyl adjacent to an activating group) is 1. The molecule has 0 amide bonds. The molecule has 5 heteroatoms. The number of nitrogens with one attached hydrogen (secondary N) is 1. The highest BCUT2D eigenvalue weighted by atomic mass is 16.5. The van der Waals surface area contributed by atoms with Crippen LogP contribution >= 0.6 is 0 Å². The quantitative estimate of drug-likeness (QED) is 0.854. The number of aromatic nitrogens is 1. The van der Waals surface area contributed by atoms with Crippen LogP contribution in [0.4, 0.5) is 0 Å². The van der Waals surface area contributed by atoms with Crippen LogP contribution in [-0.4, -0.2) is 56.4 Å². The first-order chi connectivity index (χ1) is 9.76. The second-order valence-electron chi connectivity index (χ2n) is 5.19. The van der Waals surface area contributed by atoms with Gasteiger partial charge in [0.15, 0.2) is 0 Å². The van der Waals surface area contributed by atoms with Gasteiger partial charge in [0.1, 0.15) is 11.4 Å². The Morgan fingerprint density at radius 1 is 1.60 bits per heavy atom. The number of morpholine rings is 1. The molecule has 20 heavy (non-hydrogen) atoms. The van der Waals surface area contributed by atoms with E-state index in [1.807, 2.05) is 18.3 Å². The summed E-state index contributed by atoms with van der Waals surface area (Å²) in [6.07, 6.45) is 2.99. The molecule has 1 N–H and O–H groups in total. The monoisotopic (exact) mass is 279 g/mol. The minimum absolute atomic E-state index is 0.0637. The Labute approximate surface area is 121 Å². The van der Waals surface area contributed by atoms with Crippen molar-refractivity contribution >= 4 is 0 Å². The van der Waals surface area contributed by atoms with Gasteiger partial charge in [-0.2, -0.15) is 0 Å². The molecule has 1 aliphatic heterocycles. The zero-order valence-corrected chi connectivity index (χ0v) is 12.6. The highest BCUT2D eigenvalue weighted by Gasteiger charge is 2.30. The van der Waals surface area contributed by atoms with Crippen molar-refractivity contribution in [3.05, 3.63) is 24.0 Å². The van der Waals surface area contributed by atoms with E-state index in [9.17, 15) is 0 Å². The summed E-state index contributed by atoms with van der Waals surface area (Å²) in [5, 5.41) is 3.56. The Balaban J connectivity index is 2.21. The van der Waals surface area contributed by atoms with Gasteiger partial charge in [-0.05, 0) is 32.1 Å². The van der Waals surface area contributed by atoms with Crippen LogP contribution in [0.15, 0.2) is 18.3 Å². The lowest BCUT2D eigenvalue weighted by atomic mass is 10.0. The number of nitrogens with zero attached hydrogens (tertiary/aromatic N) is 2. The fraction of sp³-hybridized carbons (Fsp3) is 0.667. The highest BCUT2D eigenvalue weighted by molar-refractivity contribution is 5.30. The van der Waals surface area contributed by atoms with Gasteiger partial charge in [-0.3, -0.25) is 4.98 Å². The van der Waals surface area contributed by atoms with Gasteiger partial charge in [0.2, 0.25) is 0 Å². The van der Waals surface area contributed by atoms with Crippen LogP contribution in [0, 0.1) is 0 Å². The van der Waals surface area contributed by atoms with Crippen molar-refractivity contribution < 1.29 is 9.47 Å². The van der Waals surface area contributed by atoms with Crippen LogP contribution in [0.3, 0.4) is 0 Å². The van der Waals surface area contributed by atoms with Gasteiger partial charge in [-0.1, -0.05) is 6.92 Å². The Hall–Kier alpha value is -1.17. The minimum Gasteiger partial charge on any atom is -0.495 e. The standard InChI is InChI=1S/C15H25N3O2/c1-4-7-16-15(13-11-18(2)9-10-20-13)14-12(19-3)6-5-8-17-14/h5-6,8,13,15-16H,4,7,9-11H2,1-3H3. The van der Waals surface area contributed by atoms with E-state index in [2.05, 4.69) is 29.2 Å². The van der Waals surface area contributed by atoms with Gasteiger partial charge in [0.25, 0.3) is 0 Å². The molecule has 1 aromatic heterocycles. The molecule has 1 aromatic rings. The molecule has 0 radical (unpaired) electrons. The van der Waals surface area contributed by atoms with Crippen molar-refractivity contribution in [2.75, 3.05) is 40.4 Å². The zero-order chi connectivity index (χ0) is 14.4. The lowest BCUT2D eigenvalue weighted by Crippen LogP contribution is -2.47. The molecule has 0 aliphatic carbocycles. The van der Waals surface area contributed by atoms with Gasteiger partial charge in [0.05, 0.1) is 25.9 Å². The van der Waals surface area contributed by atoms with Crippen LogP contribution in [0.2, 0.25) is 0 Å². The Bertz CT molecular complexity index is 414. The van der Waals surface area contributed by atoms with E-state index in [-0.39, 0.29) is 12.1 Å². The van der Waals surface area contributed by atoms with E-state index in [1.54, 1.807) is 7.11 Å².